The second-order valence-corrected chi connectivity index (χ2v) is 3.78. The first-order chi connectivity index (χ1) is 5.22. The number of hydrogen-bond acceptors (Lipinski definition) is 1. The molecule has 2 aliphatic heterocycles. The Hall–Kier alpha value is -0.570. The highest BCUT2D eigenvalue weighted by atomic mass is 16.2. The van der Waals surface area contributed by atoms with E-state index >= 15 is 0 Å². The Morgan fingerprint density at radius 3 is 2.91 bits per heavy atom. The van der Waals surface area contributed by atoms with Crippen molar-refractivity contribution in [2.24, 2.45) is 5.41 Å². The predicted octanol–water partition coefficient (Wildman–Crippen LogP) is -0.157. The number of likely N-dealkylation sites (tertiary alicyclic amines) is 1. The number of nitrogens with zero attached hydrogens (tertiary/aromatic N) is 2. The summed E-state index contributed by atoms with van der Waals surface area (Å²) in [6.07, 6.45) is 1.84. The van der Waals surface area contributed by atoms with Crippen LogP contribution in [0.15, 0.2) is 0 Å². The minimum atomic E-state index is 0.242. The van der Waals surface area contributed by atoms with Crippen LogP contribution in [-0.2, 0) is 4.79 Å². The van der Waals surface area contributed by atoms with Crippen molar-refractivity contribution in [2.75, 3.05) is 26.7 Å². The topological polar surface area (TPSA) is 34.4 Å². The van der Waals surface area contributed by atoms with Crippen LogP contribution in [0.25, 0.3) is 0 Å². The third-order valence-corrected chi connectivity index (χ3v) is 2.77. The lowest BCUT2D eigenvalue weighted by Crippen LogP contribution is -2.26. The van der Waals surface area contributed by atoms with Crippen molar-refractivity contribution >= 4 is 5.91 Å². The molecule has 1 spiro atoms. The van der Waals surface area contributed by atoms with Crippen LogP contribution in [0.4, 0.5) is 0 Å². The summed E-state index contributed by atoms with van der Waals surface area (Å²) in [6, 6.07) is 0. The first-order valence-electron chi connectivity index (χ1n) is 4.09. The molecule has 1 radical (unpaired) electrons. The van der Waals surface area contributed by atoms with Crippen LogP contribution in [-0.4, -0.2) is 37.5 Å². The first kappa shape index (κ1) is 7.10. The second kappa shape index (κ2) is 2.21. The molecule has 11 heavy (non-hydrogen) atoms. The monoisotopic (exact) mass is 153 g/mol. The molecule has 3 heteroatoms. The zero-order valence-corrected chi connectivity index (χ0v) is 6.84. The highest BCUT2D eigenvalue weighted by Gasteiger charge is 2.43. The van der Waals surface area contributed by atoms with Gasteiger partial charge in [-0.3, -0.25) is 4.79 Å². The summed E-state index contributed by atoms with van der Waals surface area (Å²) in [4.78, 5) is 13.1. The molecule has 0 aromatic carbocycles. The molecule has 0 aromatic rings. The second-order valence-electron chi connectivity index (χ2n) is 3.78. The molecule has 1 amide bonds. The molecule has 2 saturated heterocycles. The van der Waals surface area contributed by atoms with Gasteiger partial charge in [-0.15, -0.1) is 0 Å². The Morgan fingerprint density at radius 1 is 1.64 bits per heavy atom. The van der Waals surface area contributed by atoms with E-state index in [0.717, 1.165) is 32.5 Å². The lowest BCUT2D eigenvalue weighted by Gasteiger charge is -2.19. The smallest absolute Gasteiger partial charge is 0.223 e. The van der Waals surface area contributed by atoms with Crippen molar-refractivity contribution in [1.82, 2.24) is 10.2 Å². The average molecular weight is 153 g/mol. The molecule has 2 rings (SSSR count). The van der Waals surface area contributed by atoms with Gasteiger partial charge in [-0.25, -0.2) is 5.32 Å². The fourth-order valence-electron chi connectivity index (χ4n) is 2.09. The maximum Gasteiger partial charge on any atom is 0.223 e. The SMILES string of the molecule is CN1CC2(CC[N]C2)CC1=O. The third-order valence-electron chi connectivity index (χ3n) is 2.77. The van der Waals surface area contributed by atoms with E-state index in [1.165, 1.54) is 0 Å². The molecule has 0 aromatic heterocycles. The van der Waals surface area contributed by atoms with Gasteiger partial charge < -0.3 is 4.90 Å². The summed E-state index contributed by atoms with van der Waals surface area (Å²) in [7, 11) is 1.88. The molecule has 1 unspecified atom stereocenters. The molecule has 2 fully saturated rings. The van der Waals surface area contributed by atoms with Crippen LogP contribution in [0.5, 0.6) is 0 Å². The van der Waals surface area contributed by atoms with Gasteiger partial charge in [0.05, 0.1) is 0 Å². The predicted molar refractivity (Wildman–Crippen MR) is 41.2 cm³/mol. The largest absolute Gasteiger partial charge is 0.345 e. The van der Waals surface area contributed by atoms with Crippen LogP contribution < -0.4 is 5.32 Å². The molecule has 61 valence electrons. The van der Waals surface area contributed by atoms with Crippen LogP contribution in [0.3, 0.4) is 0 Å². The van der Waals surface area contributed by atoms with Crippen molar-refractivity contribution in [3.8, 4) is 0 Å². The summed E-state index contributed by atoms with van der Waals surface area (Å²) in [5.41, 5.74) is 0.242. The van der Waals surface area contributed by atoms with E-state index in [4.69, 9.17) is 0 Å². The molecule has 2 aliphatic rings. The zero-order chi connectivity index (χ0) is 7.90. The molecular formula is C8H13N2O. The van der Waals surface area contributed by atoms with Crippen molar-refractivity contribution in [2.45, 2.75) is 12.8 Å². The summed E-state index contributed by atoms with van der Waals surface area (Å²) in [5.74, 6) is 0.294. The van der Waals surface area contributed by atoms with E-state index in [1.807, 2.05) is 11.9 Å². The first-order valence-corrected chi connectivity index (χ1v) is 4.09. The normalized spacial score (nSPS) is 37.5. The molecule has 3 nitrogen and oxygen atoms in total. The standard InChI is InChI=1S/C8H13N2O/c1-10-6-8(4-7(10)11)2-3-9-5-8/h2-6H2,1H3. The maximum absolute atomic E-state index is 11.2. The van der Waals surface area contributed by atoms with Gasteiger partial charge in [0.15, 0.2) is 0 Å². The van der Waals surface area contributed by atoms with Gasteiger partial charge in [-0.05, 0) is 6.42 Å². The lowest BCUT2D eigenvalue weighted by atomic mass is 9.86. The fraction of sp³-hybridized carbons (Fsp3) is 0.875. The molecule has 0 saturated carbocycles. The highest BCUT2D eigenvalue weighted by molar-refractivity contribution is 5.79. The fourth-order valence-corrected chi connectivity index (χ4v) is 2.09. The minimum Gasteiger partial charge on any atom is -0.345 e. The summed E-state index contributed by atoms with van der Waals surface area (Å²) in [6.45, 7) is 2.79. The lowest BCUT2D eigenvalue weighted by molar-refractivity contribution is -0.126. The Labute approximate surface area is 66.8 Å². The average Bonchev–Trinajstić information content (AvgIpc) is 2.46. The highest BCUT2D eigenvalue weighted by Crippen LogP contribution is 2.36. The van der Waals surface area contributed by atoms with Gasteiger partial charge in [0.2, 0.25) is 5.91 Å². The molecule has 0 bridgehead atoms. The molecular weight excluding hydrogens is 140 g/mol. The summed E-state index contributed by atoms with van der Waals surface area (Å²) < 4.78 is 0. The van der Waals surface area contributed by atoms with E-state index in [-0.39, 0.29) is 5.41 Å². The minimum absolute atomic E-state index is 0.242. The third kappa shape index (κ3) is 1.03. The molecule has 0 N–H and O–H groups in total. The Morgan fingerprint density at radius 2 is 2.45 bits per heavy atom. The summed E-state index contributed by atoms with van der Waals surface area (Å²) in [5, 5.41) is 4.31. The van der Waals surface area contributed by atoms with Crippen molar-refractivity contribution in [3.05, 3.63) is 0 Å². The van der Waals surface area contributed by atoms with Crippen molar-refractivity contribution < 1.29 is 4.79 Å². The number of carbonyl (C=O) groups excluding carboxylic acids is 1. The van der Waals surface area contributed by atoms with Gasteiger partial charge in [-0.1, -0.05) is 0 Å². The van der Waals surface area contributed by atoms with Gasteiger partial charge in [0.1, 0.15) is 0 Å². The maximum atomic E-state index is 11.2. The number of amides is 1. The van der Waals surface area contributed by atoms with E-state index in [2.05, 4.69) is 5.32 Å². The Kier molecular flexibility index (Phi) is 1.42. The van der Waals surface area contributed by atoms with E-state index in [1.54, 1.807) is 0 Å². The van der Waals surface area contributed by atoms with Crippen LogP contribution in [0, 0.1) is 5.41 Å². The van der Waals surface area contributed by atoms with Crippen LogP contribution in [0.2, 0.25) is 0 Å². The van der Waals surface area contributed by atoms with Gasteiger partial charge in [0.25, 0.3) is 0 Å². The van der Waals surface area contributed by atoms with Gasteiger partial charge in [-0.2, -0.15) is 0 Å². The molecule has 1 atom stereocenters. The number of rotatable bonds is 0. The van der Waals surface area contributed by atoms with Crippen molar-refractivity contribution in [3.63, 3.8) is 0 Å². The van der Waals surface area contributed by atoms with Crippen LogP contribution >= 0.6 is 0 Å². The molecule has 2 heterocycles. The number of carbonyl (C=O) groups is 1. The van der Waals surface area contributed by atoms with Gasteiger partial charge in [0, 0.05) is 38.5 Å². The zero-order valence-electron chi connectivity index (χ0n) is 6.84. The molecule has 0 aliphatic carbocycles. The Balaban J connectivity index is 2.12. The van der Waals surface area contributed by atoms with E-state index in [0.29, 0.717) is 5.91 Å². The van der Waals surface area contributed by atoms with Crippen LogP contribution in [0.1, 0.15) is 12.8 Å². The quantitative estimate of drug-likeness (QED) is 0.476. The summed E-state index contributed by atoms with van der Waals surface area (Å²) >= 11 is 0. The Bertz CT molecular complexity index is 185. The van der Waals surface area contributed by atoms with Gasteiger partial charge >= 0.3 is 0 Å². The number of hydrogen-bond donors (Lipinski definition) is 0. The van der Waals surface area contributed by atoms with E-state index in [9.17, 15) is 4.79 Å². The van der Waals surface area contributed by atoms with E-state index < -0.39 is 0 Å². The van der Waals surface area contributed by atoms with Crippen molar-refractivity contribution in [1.29, 1.82) is 0 Å².